The van der Waals surface area contributed by atoms with Crippen molar-refractivity contribution in [3.63, 3.8) is 0 Å². The van der Waals surface area contributed by atoms with Crippen molar-refractivity contribution >= 4 is 30.2 Å². The van der Waals surface area contributed by atoms with E-state index in [-0.39, 0.29) is 96.0 Å². The summed E-state index contributed by atoms with van der Waals surface area (Å²) < 4.78 is 30.3. The molecule has 0 saturated carbocycles. The standard InChI is InChI=1S/C27H46N4O12/c1-19(2)22(32)38-13-7-28-25(35)41-16-10-31(11-17-42-26(36)29-8-14-39-23(33)20(3)4)12-18-43-27(37)30-9-15-40-24(34)21(5)6/h21,24,34H,1,3,7-18H2,2,4-6H3,(H,28,35)(H,29,36)(H,30,37). The molecule has 0 bridgehead atoms. The zero-order valence-corrected chi connectivity index (χ0v) is 25.4. The molecule has 0 aliphatic rings. The molecule has 0 aliphatic heterocycles. The third-order valence-corrected chi connectivity index (χ3v) is 5.06. The van der Waals surface area contributed by atoms with Crippen LogP contribution in [-0.4, -0.2) is 125 Å². The number of aliphatic hydroxyl groups is 1. The fourth-order valence-corrected chi connectivity index (χ4v) is 2.66. The van der Waals surface area contributed by atoms with E-state index in [1.807, 2.05) is 0 Å². The first-order chi connectivity index (χ1) is 20.3. The SMILES string of the molecule is C=C(C)C(=O)OCCNC(=O)OCCN(CCOC(=O)NCCOC(=O)C(=C)C)CCOC(=O)NCCOC(O)C(C)C. The first-order valence-corrected chi connectivity index (χ1v) is 13.7. The van der Waals surface area contributed by atoms with Gasteiger partial charge in [-0.15, -0.1) is 0 Å². The molecule has 0 spiro atoms. The Morgan fingerprint density at radius 2 is 0.977 bits per heavy atom. The largest absolute Gasteiger partial charge is 0.460 e. The van der Waals surface area contributed by atoms with Crippen LogP contribution in [0.2, 0.25) is 0 Å². The zero-order valence-electron chi connectivity index (χ0n) is 25.4. The molecule has 43 heavy (non-hydrogen) atoms. The van der Waals surface area contributed by atoms with Crippen LogP contribution in [0.5, 0.6) is 0 Å². The summed E-state index contributed by atoms with van der Waals surface area (Å²) in [6, 6.07) is 0. The van der Waals surface area contributed by atoms with Crippen LogP contribution in [0.1, 0.15) is 27.7 Å². The van der Waals surface area contributed by atoms with E-state index in [4.69, 9.17) is 28.4 Å². The third kappa shape index (κ3) is 22.4. The highest BCUT2D eigenvalue weighted by atomic mass is 16.6. The lowest BCUT2D eigenvalue weighted by atomic mass is 10.2. The van der Waals surface area contributed by atoms with Gasteiger partial charge in [-0.2, -0.15) is 0 Å². The summed E-state index contributed by atoms with van der Waals surface area (Å²) in [6.45, 7) is 14.3. The molecule has 3 amide bonds. The van der Waals surface area contributed by atoms with Crippen molar-refractivity contribution in [3.05, 3.63) is 24.3 Å². The quantitative estimate of drug-likeness (QED) is 0.0435. The fourth-order valence-electron chi connectivity index (χ4n) is 2.66. The Kier molecular flexibility index (Phi) is 21.5. The number of ether oxygens (including phenoxy) is 6. The van der Waals surface area contributed by atoms with Crippen LogP contribution in [0.3, 0.4) is 0 Å². The van der Waals surface area contributed by atoms with Gasteiger partial charge in [-0.05, 0) is 13.8 Å². The van der Waals surface area contributed by atoms with Gasteiger partial charge < -0.3 is 49.5 Å². The van der Waals surface area contributed by atoms with Gasteiger partial charge in [0.2, 0.25) is 0 Å². The lowest BCUT2D eigenvalue weighted by Gasteiger charge is -2.22. The van der Waals surface area contributed by atoms with Gasteiger partial charge in [0, 0.05) is 43.2 Å². The third-order valence-electron chi connectivity index (χ3n) is 5.06. The van der Waals surface area contributed by atoms with Crippen LogP contribution < -0.4 is 16.0 Å². The summed E-state index contributed by atoms with van der Waals surface area (Å²) >= 11 is 0. The average Bonchev–Trinajstić information content (AvgIpc) is 2.94. The van der Waals surface area contributed by atoms with E-state index >= 15 is 0 Å². The number of hydrogen-bond acceptors (Lipinski definition) is 13. The molecule has 1 unspecified atom stereocenters. The van der Waals surface area contributed by atoms with Crippen LogP contribution in [0.15, 0.2) is 24.3 Å². The molecule has 1 atom stereocenters. The Bertz CT molecular complexity index is 860. The van der Waals surface area contributed by atoms with Gasteiger partial charge in [-0.1, -0.05) is 27.0 Å². The van der Waals surface area contributed by atoms with Gasteiger partial charge in [-0.25, -0.2) is 24.0 Å². The molecule has 0 radical (unpaired) electrons. The van der Waals surface area contributed by atoms with Gasteiger partial charge in [0.25, 0.3) is 0 Å². The van der Waals surface area contributed by atoms with Crippen LogP contribution in [0, 0.1) is 5.92 Å². The highest BCUT2D eigenvalue weighted by Gasteiger charge is 2.12. The van der Waals surface area contributed by atoms with Crippen molar-refractivity contribution in [2.45, 2.75) is 34.0 Å². The second kappa shape index (κ2) is 23.6. The van der Waals surface area contributed by atoms with Crippen LogP contribution in [0.4, 0.5) is 14.4 Å². The van der Waals surface area contributed by atoms with Crippen molar-refractivity contribution in [2.75, 3.05) is 78.9 Å². The number of rotatable bonds is 22. The number of aliphatic hydroxyl groups excluding tert-OH is 1. The Morgan fingerprint density at radius 1 is 0.628 bits per heavy atom. The van der Waals surface area contributed by atoms with Crippen molar-refractivity contribution in [1.82, 2.24) is 20.9 Å². The predicted molar refractivity (Wildman–Crippen MR) is 153 cm³/mol. The molecule has 0 saturated heterocycles. The molecular weight excluding hydrogens is 572 g/mol. The van der Waals surface area contributed by atoms with Crippen molar-refractivity contribution in [2.24, 2.45) is 5.92 Å². The van der Waals surface area contributed by atoms with Gasteiger partial charge in [0.05, 0.1) is 19.7 Å². The van der Waals surface area contributed by atoms with Crippen LogP contribution in [0.25, 0.3) is 0 Å². The molecule has 16 heteroatoms. The van der Waals surface area contributed by atoms with E-state index in [1.165, 1.54) is 13.8 Å². The van der Waals surface area contributed by atoms with E-state index < -0.39 is 36.5 Å². The van der Waals surface area contributed by atoms with Crippen molar-refractivity contribution in [3.8, 4) is 0 Å². The van der Waals surface area contributed by atoms with E-state index in [0.717, 1.165) is 0 Å². The lowest BCUT2D eigenvalue weighted by molar-refractivity contribution is -0.139. The molecule has 16 nitrogen and oxygen atoms in total. The minimum Gasteiger partial charge on any atom is -0.460 e. The maximum atomic E-state index is 11.9. The van der Waals surface area contributed by atoms with E-state index in [1.54, 1.807) is 18.7 Å². The summed E-state index contributed by atoms with van der Waals surface area (Å²) in [5.74, 6) is -1.22. The maximum Gasteiger partial charge on any atom is 0.407 e. The zero-order chi connectivity index (χ0) is 32.6. The summed E-state index contributed by atoms with van der Waals surface area (Å²) in [4.78, 5) is 60.1. The van der Waals surface area contributed by atoms with Gasteiger partial charge >= 0.3 is 30.2 Å². The number of alkyl carbamates (subject to hydrolysis) is 3. The van der Waals surface area contributed by atoms with Gasteiger partial charge in [-0.3, -0.25) is 4.90 Å². The van der Waals surface area contributed by atoms with Crippen LogP contribution >= 0.6 is 0 Å². The summed E-state index contributed by atoms with van der Waals surface area (Å²) in [7, 11) is 0. The second-order valence-electron chi connectivity index (χ2n) is 9.37. The second-order valence-corrected chi connectivity index (χ2v) is 9.37. The topological polar surface area (TPSA) is 200 Å². The molecule has 0 aromatic rings. The number of amides is 3. The smallest absolute Gasteiger partial charge is 0.407 e. The Hall–Kier alpha value is -3.89. The highest BCUT2D eigenvalue weighted by Crippen LogP contribution is 2.01. The van der Waals surface area contributed by atoms with Gasteiger partial charge in [0.1, 0.15) is 33.0 Å². The van der Waals surface area contributed by atoms with Crippen molar-refractivity contribution in [1.29, 1.82) is 0 Å². The summed E-state index contributed by atoms with van der Waals surface area (Å²) in [5, 5.41) is 17.0. The first kappa shape index (κ1) is 39.1. The van der Waals surface area contributed by atoms with E-state index in [0.29, 0.717) is 0 Å². The van der Waals surface area contributed by atoms with E-state index in [2.05, 4.69) is 29.1 Å². The average molecular weight is 619 g/mol. The van der Waals surface area contributed by atoms with Gasteiger partial charge in [0.15, 0.2) is 6.29 Å². The Labute approximate surface area is 252 Å². The van der Waals surface area contributed by atoms with Crippen molar-refractivity contribution < 1.29 is 57.5 Å². The minimum atomic E-state index is -0.932. The fraction of sp³-hybridized carbons (Fsp3) is 0.667. The summed E-state index contributed by atoms with van der Waals surface area (Å²) in [5.41, 5.74) is 0.482. The number of esters is 2. The molecule has 246 valence electrons. The Balaban J connectivity index is 4.51. The van der Waals surface area contributed by atoms with Crippen LogP contribution in [-0.2, 0) is 38.0 Å². The Morgan fingerprint density at radius 3 is 1.30 bits per heavy atom. The first-order valence-electron chi connectivity index (χ1n) is 13.7. The molecular formula is C27H46N4O12. The highest BCUT2D eigenvalue weighted by molar-refractivity contribution is 5.87. The number of nitrogens with one attached hydrogen (secondary N) is 3. The molecule has 0 fully saturated rings. The molecule has 4 N–H and O–H groups in total. The monoisotopic (exact) mass is 618 g/mol. The summed E-state index contributed by atoms with van der Waals surface area (Å²) in [6.07, 6.45) is -3.07. The molecule has 0 aromatic heterocycles. The maximum absolute atomic E-state index is 11.9. The van der Waals surface area contributed by atoms with E-state index in [9.17, 15) is 29.1 Å². The lowest BCUT2D eigenvalue weighted by Crippen LogP contribution is -2.38. The number of hydrogen-bond donors (Lipinski definition) is 4. The molecule has 0 aliphatic carbocycles. The minimum absolute atomic E-state index is 0.0259. The number of carbonyl (C=O) groups is 5. The molecule has 0 rings (SSSR count). The molecule has 0 aromatic carbocycles. The number of carbonyl (C=O) groups excluding carboxylic acids is 5. The molecule has 0 heterocycles. The number of nitrogens with zero attached hydrogens (tertiary/aromatic N) is 1. The normalized spacial score (nSPS) is 11.2. The predicted octanol–water partition coefficient (Wildman–Crippen LogP) is 0.697.